The first kappa shape index (κ1) is 39.4. The van der Waals surface area contributed by atoms with Crippen LogP contribution in [0, 0.1) is 21.7 Å². The van der Waals surface area contributed by atoms with Crippen molar-refractivity contribution in [1.82, 2.24) is 0 Å². The van der Waals surface area contributed by atoms with Crippen LogP contribution in [0.1, 0.15) is 135 Å². The SMILES string of the molecule is C1CCOC1.CCC(C)(C)C(=O)CC(=O)C(C)(C)CC.CCC(C)(C)C(=O)Cl.CCC(C)(C)C(C)=O. The van der Waals surface area contributed by atoms with Gasteiger partial charge in [-0.05, 0) is 57.0 Å². The van der Waals surface area contributed by atoms with Gasteiger partial charge in [-0.3, -0.25) is 19.2 Å². The molecule has 0 saturated carbocycles. The summed E-state index contributed by atoms with van der Waals surface area (Å²) in [6.45, 7) is 26.8. The van der Waals surface area contributed by atoms with Crippen LogP contribution < -0.4 is 0 Å². The minimum Gasteiger partial charge on any atom is -0.381 e. The summed E-state index contributed by atoms with van der Waals surface area (Å²) in [5.74, 6) is 0.410. The third-order valence-corrected chi connectivity index (χ3v) is 8.19. The molecule has 0 atom stereocenters. The molecule has 36 heavy (non-hydrogen) atoms. The van der Waals surface area contributed by atoms with E-state index < -0.39 is 0 Å². The number of hydrogen-bond donors (Lipinski definition) is 0. The molecule has 0 aromatic carbocycles. The zero-order valence-corrected chi connectivity index (χ0v) is 26.5. The summed E-state index contributed by atoms with van der Waals surface area (Å²) in [5.41, 5.74) is -1.15. The molecular weight excluding hydrogens is 476 g/mol. The molecule has 1 fully saturated rings. The van der Waals surface area contributed by atoms with Gasteiger partial charge in [0.05, 0.1) is 6.42 Å². The number of ketones is 3. The molecule has 5 nitrogen and oxygen atoms in total. The highest BCUT2D eigenvalue weighted by molar-refractivity contribution is 6.64. The van der Waals surface area contributed by atoms with Crippen LogP contribution in [-0.2, 0) is 23.9 Å². The molecule has 0 unspecified atom stereocenters. The Kier molecular flexibility index (Phi) is 20.0. The maximum Gasteiger partial charge on any atom is 0.227 e. The minimum atomic E-state index is -0.362. The van der Waals surface area contributed by atoms with Gasteiger partial charge in [-0.15, -0.1) is 0 Å². The van der Waals surface area contributed by atoms with Gasteiger partial charge in [-0.25, -0.2) is 0 Å². The number of halogens is 1. The molecule has 0 amide bonds. The summed E-state index contributed by atoms with van der Waals surface area (Å²) in [7, 11) is 0. The molecule has 0 aromatic rings. The zero-order valence-electron chi connectivity index (χ0n) is 25.8. The highest BCUT2D eigenvalue weighted by Crippen LogP contribution is 2.28. The van der Waals surface area contributed by atoms with Gasteiger partial charge in [0.2, 0.25) is 5.24 Å². The van der Waals surface area contributed by atoms with Gasteiger partial charge in [0.25, 0.3) is 0 Å². The molecule has 0 bridgehead atoms. The summed E-state index contributed by atoms with van der Waals surface area (Å²) >= 11 is 5.23. The van der Waals surface area contributed by atoms with Crippen LogP contribution in [-0.4, -0.2) is 35.8 Å². The van der Waals surface area contributed by atoms with Crippen LogP contribution in [0.5, 0.6) is 0 Å². The third-order valence-electron chi connectivity index (χ3n) is 7.68. The smallest absolute Gasteiger partial charge is 0.227 e. The molecule has 0 aromatic heterocycles. The molecule has 1 aliphatic heterocycles. The number of rotatable bonds is 10. The normalized spacial score (nSPS) is 13.7. The number of carbonyl (C=O) groups excluding carboxylic acids is 4. The molecule has 1 aliphatic rings. The lowest BCUT2D eigenvalue weighted by molar-refractivity contribution is -0.136. The van der Waals surface area contributed by atoms with E-state index in [4.69, 9.17) is 16.3 Å². The Morgan fingerprint density at radius 3 is 1.03 bits per heavy atom. The Labute approximate surface area is 227 Å². The molecule has 1 rings (SSSR count). The number of carbonyl (C=O) groups is 4. The molecule has 1 saturated heterocycles. The van der Waals surface area contributed by atoms with Gasteiger partial charge in [-0.1, -0.05) is 83.1 Å². The standard InChI is InChI=1S/C13H24O2.C7H14O.C6H11ClO.C4H8O/c1-7-12(3,4)10(14)9-11(15)13(5,6)8-2;1-5-7(3,4)6(2)8;1-4-6(2,3)5(7)8;1-2-4-5-3-1/h7-9H2,1-6H3;5H2,1-4H3;4H2,1-3H3;1-4H2. The van der Waals surface area contributed by atoms with Crippen molar-refractivity contribution < 1.29 is 23.9 Å². The van der Waals surface area contributed by atoms with E-state index in [2.05, 4.69) is 0 Å². The van der Waals surface area contributed by atoms with Crippen LogP contribution in [0.25, 0.3) is 0 Å². The van der Waals surface area contributed by atoms with E-state index in [1.54, 1.807) is 6.92 Å². The molecule has 0 N–H and O–H groups in total. The van der Waals surface area contributed by atoms with Crippen LogP contribution in [0.4, 0.5) is 0 Å². The maximum absolute atomic E-state index is 11.8. The van der Waals surface area contributed by atoms with E-state index in [1.165, 1.54) is 12.8 Å². The molecule has 1 heterocycles. The fraction of sp³-hybridized carbons (Fsp3) is 0.867. The fourth-order valence-corrected chi connectivity index (χ4v) is 2.05. The van der Waals surface area contributed by atoms with Crippen molar-refractivity contribution in [2.75, 3.05) is 13.2 Å². The Morgan fingerprint density at radius 1 is 0.611 bits per heavy atom. The number of ether oxygens (including phenoxy) is 1. The minimum absolute atomic E-state index is 0.0662. The first-order valence-electron chi connectivity index (χ1n) is 13.5. The van der Waals surface area contributed by atoms with Crippen molar-refractivity contribution in [1.29, 1.82) is 0 Å². The Balaban J connectivity index is -0.000000438. The van der Waals surface area contributed by atoms with Crippen LogP contribution in [0.3, 0.4) is 0 Å². The molecule has 6 heteroatoms. The van der Waals surface area contributed by atoms with Crippen molar-refractivity contribution >= 4 is 34.2 Å². The quantitative estimate of drug-likeness (QED) is 0.208. The van der Waals surface area contributed by atoms with E-state index in [0.717, 1.165) is 38.9 Å². The first-order valence-corrected chi connectivity index (χ1v) is 13.9. The first-order chi connectivity index (χ1) is 16.2. The number of hydrogen-bond acceptors (Lipinski definition) is 5. The summed E-state index contributed by atoms with van der Waals surface area (Å²) in [4.78, 5) is 44.9. The topological polar surface area (TPSA) is 77.5 Å². The predicted molar refractivity (Wildman–Crippen MR) is 153 cm³/mol. The Hall–Kier alpha value is -1.07. The number of Topliss-reactive ketones (excluding diaryl/α,β-unsaturated/α-hetero) is 3. The molecule has 0 radical (unpaired) electrons. The van der Waals surface area contributed by atoms with Crippen molar-refractivity contribution in [2.45, 2.75) is 135 Å². The average molecular weight is 533 g/mol. The van der Waals surface area contributed by atoms with Crippen molar-refractivity contribution in [2.24, 2.45) is 21.7 Å². The second kappa shape index (κ2) is 18.2. The maximum atomic E-state index is 11.8. The van der Waals surface area contributed by atoms with Crippen molar-refractivity contribution in [3.63, 3.8) is 0 Å². The fourth-order valence-electron chi connectivity index (χ4n) is 1.92. The van der Waals surface area contributed by atoms with Gasteiger partial charge < -0.3 is 4.74 Å². The van der Waals surface area contributed by atoms with Crippen molar-refractivity contribution in [3.8, 4) is 0 Å². The zero-order chi connectivity index (χ0) is 29.4. The largest absolute Gasteiger partial charge is 0.381 e. The second-order valence-electron chi connectivity index (χ2n) is 12.1. The van der Waals surface area contributed by atoms with Gasteiger partial charge in [0.15, 0.2) is 0 Å². The lowest BCUT2D eigenvalue weighted by atomic mass is 9.77. The lowest BCUT2D eigenvalue weighted by Gasteiger charge is -2.25. The Morgan fingerprint density at radius 2 is 0.917 bits per heavy atom. The van der Waals surface area contributed by atoms with Gasteiger partial charge >= 0.3 is 0 Å². The van der Waals surface area contributed by atoms with Gasteiger partial charge in [0, 0.05) is 34.9 Å². The van der Waals surface area contributed by atoms with E-state index in [0.29, 0.717) is 0 Å². The summed E-state index contributed by atoms with van der Waals surface area (Å²) in [5, 5.41) is -0.250. The van der Waals surface area contributed by atoms with E-state index >= 15 is 0 Å². The predicted octanol–water partition coefficient (Wildman–Crippen LogP) is 8.38. The van der Waals surface area contributed by atoms with Crippen LogP contribution >= 0.6 is 11.6 Å². The van der Waals surface area contributed by atoms with E-state index in [-0.39, 0.29) is 50.7 Å². The summed E-state index contributed by atoms with van der Waals surface area (Å²) in [6, 6.07) is 0. The Bertz CT molecular complexity index is 611. The molecule has 214 valence electrons. The third kappa shape index (κ3) is 17.4. The van der Waals surface area contributed by atoms with Crippen LogP contribution in [0.15, 0.2) is 0 Å². The highest BCUT2D eigenvalue weighted by Gasteiger charge is 2.32. The van der Waals surface area contributed by atoms with Crippen molar-refractivity contribution in [3.05, 3.63) is 0 Å². The average Bonchev–Trinajstić information content (AvgIpc) is 3.39. The summed E-state index contributed by atoms with van der Waals surface area (Å²) < 4.78 is 4.94. The van der Waals surface area contributed by atoms with Crippen LogP contribution in [0.2, 0.25) is 0 Å². The lowest BCUT2D eigenvalue weighted by Crippen LogP contribution is -2.31. The van der Waals surface area contributed by atoms with E-state index in [1.807, 2.05) is 83.1 Å². The second-order valence-corrected chi connectivity index (χ2v) is 12.5. The van der Waals surface area contributed by atoms with E-state index in [9.17, 15) is 19.2 Å². The van der Waals surface area contributed by atoms with Gasteiger partial charge in [-0.2, -0.15) is 0 Å². The summed E-state index contributed by atoms with van der Waals surface area (Å²) in [6.07, 6.45) is 5.94. The van der Waals surface area contributed by atoms with Gasteiger partial charge in [0.1, 0.15) is 17.3 Å². The molecule has 0 aliphatic carbocycles. The highest BCUT2D eigenvalue weighted by atomic mass is 35.5. The molecule has 0 spiro atoms. The molecular formula is C30H57ClO5. The monoisotopic (exact) mass is 532 g/mol.